The molecule has 5 heteroatoms. The monoisotopic (exact) mass is 278 g/mol. The van der Waals surface area contributed by atoms with Crippen molar-refractivity contribution < 1.29 is 19.1 Å². The Kier molecular flexibility index (Phi) is 10.8. The van der Waals surface area contributed by atoms with Crippen LogP contribution in [-0.4, -0.2) is 31.0 Å². The van der Waals surface area contributed by atoms with Gasteiger partial charge >= 0.3 is 11.9 Å². The average Bonchev–Trinajstić information content (AvgIpc) is 2.36. The Bertz CT molecular complexity index is 221. The van der Waals surface area contributed by atoms with Crippen LogP contribution in [0.1, 0.15) is 46.0 Å². The van der Waals surface area contributed by atoms with Crippen molar-refractivity contribution in [1.82, 2.24) is 0 Å². The molecule has 0 fully saturated rings. The van der Waals surface area contributed by atoms with Crippen molar-refractivity contribution in [3.63, 3.8) is 0 Å². The third-order valence-corrected chi connectivity index (χ3v) is 2.67. The van der Waals surface area contributed by atoms with Gasteiger partial charge in [-0.25, -0.2) is 0 Å². The molecule has 0 radical (unpaired) electrons. The lowest BCUT2D eigenvalue weighted by Gasteiger charge is -2.14. The van der Waals surface area contributed by atoms with E-state index in [1.807, 2.05) is 13.8 Å². The van der Waals surface area contributed by atoms with Crippen LogP contribution in [0.2, 0.25) is 0 Å². The second-order valence-electron chi connectivity index (χ2n) is 4.07. The minimum absolute atomic E-state index is 0.233. The van der Waals surface area contributed by atoms with E-state index < -0.39 is 17.9 Å². The zero-order valence-corrected chi connectivity index (χ0v) is 12.0. The lowest BCUT2D eigenvalue weighted by Crippen LogP contribution is -2.29. The van der Waals surface area contributed by atoms with Crippen LogP contribution in [-0.2, 0) is 19.1 Å². The molecule has 0 aliphatic carbocycles. The number of esters is 2. The molecule has 0 aromatic rings. The van der Waals surface area contributed by atoms with Crippen molar-refractivity contribution in [3.8, 4) is 0 Å². The van der Waals surface area contributed by atoms with Crippen molar-refractivity contribution >= 4 is 23.5 Å². The van der Waals surface area contributed by atoms with E-state index in [0.29, 0.717) is 13.2 Å². The van der Waals surface area contributed by atoms with E-state index in [1.54, 1.807) is 0 Å². The highest BCUT2D eigenvalue weighted by molar-refractivity contribution is 6.18. The summed E-state index contributed by atoms with van der Waals surface area (Å²) in [4.78, 5) is 23.4. The summed E-state index contributed by atoms with van der Waals surface area (Å²) in [6.07, 6.45) is 3.73. The fraction of sp³-hybridized carbons (Fsp3) is 0.846. The molecule has 0 N–H and O–H groups in total. The molecule has 0 atom stereocenters. The van der Waals surface area contributed by atoms with Gasteiger partial charge < -0.3 is 9.47 Å². The van der Waals surface area contributed by atoms with Crippen LogP contribution in [0.4, 0.5) is 0 Å². The third-order valence-electron chi connectivity index (χ3n) is 2.45. The van der Waals surface area contributed by atoms with Crippen LogP contribution in [0.5, 0.6) is 0 Å². The summed E-state index contributed by atoms with van der Waals surface area (Å²) in [5.41, 5.74) is 0. The first kappa shape index (κ1) is 17.2. The van der Waals surface area contributed by atoms with E-state index in [2.05, 4.69) is 0 Å². The molecule has 0 aliphatic heterocycles. The van der Waals surface area contributed by atoms with Crippen LogP contribution in [0, 0.1) is 5.92 Å². The number of rotatable bonds is 10. The van der Waals surface area contributed by atoms with Crippen LogP contribution >= 0.6 is 11.6 Å². The molecule has 0 rings (SSSR count). The Morgan fingerprint density at radius 3 is 1.78 bits per heavy atom. The minimum atomic E-state index is -0.879. The largest absolute Gasteiger partial charge is 0.465 e. The molecule has 0 aromatic carbocycles. The maximum absolute atomic E-state index is 11.7. The summed E-state index contributed by atoms with van der Waals surface area (Å²) in [5, 5.41) is 0. The third kappa shape index (κ3) is 7.54. The summed E-state index contributed by atoms with van der Waals surface area (Å²) in [7, 11) is 0. The van der Waals surface area contributed by atoms with Crippen molar-refractivity contribution in [2.45, 2.75) is 46.0 Å². The van der Waals surface area contributed by atoms with Gasteiger partial charge in [-0.15, -0.1) is 11.6 Å². The van der Waals surface area contributed by atoms with E-state index >= 15 is 0 Å². The highest BCUT2D eigenvalue weighted by atomic mass is 35.5. The lowest BCUT2D eigenvalue weighted by molar-refractivity contribution is -0.162. The molecule has 0 saturated heterocycles. The number of alkyl halides is 1. The SMILES string of the molecule is CCCCOC(=O)C(CCCl)C(=O)OCCCC. The molecular formula is C13H23ClO4. The number of carbonyl (C=O) groups is 2. The fourth-order valence-electron chi connectivity index (χ4n) is 1.28. The van der Waals surface area contributed by atoms with E-state index in [-0.39, 0.29) is 12.3 Å². The van der Waals surface area contributed by atoms with Crippen LogP contribution in [0.3, 0.4) is 0 Å². The first-order chi connectivity index (χ1) is 8.67. The van der Waals surface area contributed by atoms with Crippen molar-refractivity contribution in [2.75, 3.05) is 19.1 Å². The maximum atomic E-state index is 11.7. The molecule has 0 spiro atoms. The van der Waals surface area contributed by atoms with Crippen LogP contribution in [0.25, 0.3) is 0 Å². The molecule has 0 unspecified atom stereocenters. The molecule has 18 heavy (non-hydrogen) atoms. The van der Waals surface area contributed by atoms with E-state index in [0.717, 1.165) is 25.7 Å². The average molecular weight is 279 g/mol. The second-order valence-corrected chi connectivity index (χ2v) is 4.45. The number of unbranched alkanes of at least 4 members (excludes halogenated alkanes) is 2. The Morgan fingerprint density at radius 2 is 1.44 bits per heavy atom. The minimum Gasteiger partial charge on any atom is -0.465 e. The summed E-state index contributed by atoms with van der Waals surface area (Å²) in [5.74, 6) is -1.69. The van der Waals surface area contributed by atoms with Gasteiger partial charge in [0.25, 0.3) is 0 Å². The Balaban J connectivity index is 4.16. The number of hydrogen-bond donors (Lipinski definition) is 0. The highest BCUT2D eigenvalue weighted by Gasteiger charge is 2.28. The van der Waals surface area contributed by atoms with E-state index in [1.165, 1.54) is 0 Å². The van der Waals surface area contributed by atoms with Crippen LogP contribution < -0.4 is 0 Å². The summed E-state index contributed by atoms with van der Waals surface area (Å²) in [6, 6.07) is 0. The molecule has 0 saturated carbocycles. The molecule has 106 valence electrons. The predicted octanol–water partition coefficient (Wildman–Crippen LogP) is 2.92. The molecule has 4 nitrogen and oxygen atoms in total. The first-order valence-corrected chi connectivity index (χ1v) is 7.10. The van der Waals surface area contributed by atoms with Gasteiger partial charge in [0.15, 0.2) is 5.92 Å². The summed E-state index contributed by atoms with van der Waals surface area (Å²) >= 11 is 5.59. The zero-order valence-electron chi connectivity index (χ0n) is 11.2. The Labute approximate surface area is 114 Å². The molecule has 0 amide bonds. The Hall–Kier alpha value is -0.770. The smallest absolute Gasteiger partial charge is 0.320 e. The highest BCUT2D eigenvalue weighted by Crippen LogP contribution is 2.11. The van der Waals surface area contributed by atoms with E-state index in [4.69, 9.17) is 21.1 Å². The lowest BCUT2D eigenvalue weighted by atomic mass is 10.1. The zero-order chi connectivity index (χ0) is 13.8. The number of hydrogen-bond acceptors (Lipinski definition) is 4. The Morgan fingerprint density at radius 1 is 1.00 bits per heavy atom. The van der Waals surface area contributed by atoms with Gasteiger partial charge in [0, 0.05) is 5.88 Å². The van der Waals surface area contributed by atoms with Gasteiger partial charge in [0.05, 0.1) is 13.2 Å². The summed E-state index contributed by atoms with van der Waals surface area (Å²) in [6.45, 7) is 4.69. The quantitative estimate of drug-likeness (QED) is 0.267. The predicted molar refractivity (Wildman–Crippen MR) is 70.6 cm³/mol. The van der Waals surface area contributed by atoms with Gasteiger partial charge in [-0.1, -0.05) is 26.7 Å². The molecule has 0 heterocycles. The van der Waals surface area contributed by atoms with Gasteiger partial charge in [-0.2, -0.15) is 0 Å². The summed E-state index contributed by atoms with van der Waals surface area (Å²) < 4.78 is 10.1. The molecule has 0 aliphatic rings. The molecule has 0 bridgehead atoms. The first-order valence-electron chi connectivity index (χ1n) is 6.56. The van der Waals surface area contributed by atoms with Gasteiger partial charge in [0.2, 0.25) is 0 Å². The number of carbonyl (C=O) groups excluding carboxylic acids is 2. The van der Waals surface area contributed by atoms with Crippen molar-refractivity contribution in [3.05, 3.63) is 0 Å². The number of ether oxygens (including phenoxy) is 2. The van der Waals surface area contributed by atoms with Crippen LogP contribution in [0.15, 0.2) is 0 Å². The maximum Gasteiger partial charge on any atom is 0.320 e. The normalized spacial score (nSPS) is 10.4. The van der Waals surface area contributed by atoms with Gasteiger partial charge in [-0.05, 0) is 19.3 Å². The van der Waals surface area contributed by atoms with E-state index in [9.17, 15) is 9.59 Å². The topological polar surface area (TPSA) is 52.6 Å². The van der Waals surface area contributed by atoms with Crippen molar-refractivity contribution in [1.29, 1.82) is 0 Å². The van der Waals surface area contributed by atoms with Gasteiger partial charge in [0.1, 0.15) is 0 Å². The fourth-order valence-corrected chi connectivity index (χ4v) is 1.49. The second kappa shape index (κ2) is 11.3. The molecular weight excluding hydrogens is 256 g/mol. The standard InChI is InChI=1S/C13H23ClO4/c1-3-5-9-17-12(15)11(7-8-14)13(16)18-10-6-4-2/h11H,3-10H2,1-2H3. The number of halogens is 1. The van der Waals surface area contributed by atoms with Gasteiger partial charge in [-0.3, -0.25) is 9.59 Å². The molecule has 0 aromatic heterocycles. The van der Waals surface area contributed by atoms with Crippen molar-refractivity contribution in [2.24, 2.45) is 5.92 Å².